The van der Waals surface area contributed by atoms with Gasteiger partial charge in [-0.05, 0) is 31.7 Å². The summed E-state index contributed by atoms with van der Waals surface area (Å²) in [4.78, 5) is 37.9. The maximum absolute atomic E-state index is 13.2. The Kier molecular flexibility index (Phi) is 4.63. The van der Waals surface area contributed by atoms with E-state index in [0.717, 1.165) is 50.0 Å². The van der Waals surface area contributed by atoms with E-state index in [1.54, 1.807) is 29.4 Å². The molecule has 1 atom stereocenters. The Morgan fingerprint density at radius 2 is 1.93 bits per heavy atom. The molecule has 0 bridgehead atoms. The Morgan fingerprint density at radius 3 is 2.73 bits per heavy atom. The van der Waals surface area contributed by atoms with Gasteiger partial charge in [-0.25, -0.2) is 14.6 Å². The van der Waals surface area contributed by atoms with E-state index in [4.69, 9.17) is 4.84 Å². The highest BCUT2D eigenvalue weighted by Crippen LogP contribution is 2.38. The van der Waals surface area contributed by atoms with Gasteiger partial charge in [0.2, 0.25) is 0 Å². The maximum atomic E-state index is 13.2. The molecule has 1 aliphatic carbocycles. The molecule has 3 heterocycles. The molecule has 1 saturated carbocycles. The number of carbonyl (C=O) groups excluding carboxylic acids is 2. The summed E-state index contributed by atoms with van der Waals surface area (Å²) in [5.41, 5.74) is 1.68. The van der Waals surface area contributed by atoms with Crippen molar-refractivity contribution in [1.29, 1.82) is 0 Å². The standard InChI is InChI=1S/C22H23N5O3/c28-21(26-12-3-4-13-26)25-20-15-18(9-11-23-20)30-27(22(29)24-17-7-8-17)14-10-16-5-1-2-6-19(16)27/h1-2,5-6,9-11,14-15,17H,3-4,7-8,12-13H2,(H-,23,24,25,28,29)/p+1/t27-/m0/s1. The van der Waals surface area contributed by atoms with Crippen LogP contribution in [0.15, 0.2) is 48.8 Å². The van der Waals surface area contributed by atoms with Gasteiger partial charge in [-0.15, -0.1) is 0 Å². The van der Waals surface area contributed by atoms with Gasteiger partial charge in [-0.2, -0.15) is 0 Å². The number of hydroxylamine groups is 2. The van der Waals surface area contributed by atoms with E-state index in [9.17, 15) is 9.59 Å². The lowest BCUT2D eigenvalue weighted by atomic mass is 10.2. The number of aromatic nitrogens is 1. The Bertz CT molecular complexity index is 1010. The number of hydrogen-bond acceptors (Lipinski definition) is 4. The summed E-state index contributed by atoms with van der Waals surface area (Å²) >= 11 is 0. The van der Waals surface area contributed by atoms with Crippen LogP contribution < -0.4 is 20.1 Å². The zero-order valence-electron chi connectivity index (χ0n) is 16.6. The quantitative estimate of drug-likeness (QED) is 0.755. The van der Waals surface area contributed by atoms with Gasteiger partial charge >= 0.3 is 12.1 Å². The van der Waals surface area contributed by atoms with Crippen LogP contribution in [-0.2, 0) is 0 Å². The first-order valence-corrected chi connectivity index (χ1v) is 10.3. The average molecular weight is 406 g/mol. The zero-order chi connectivity index (χ0) is 20.6. The van der Waals surface area contributed by atoms with Gasteiger partial charge in [0.05, 0.1) is 0 Å². The van der Waals surface area contributed by atoms with E-state index in [2.05, 4.69) is 15.6 Å². The van der Waals surface area contributed by atoms with Crippen molar-refractivity contribution in [3.05, 3.63) is 54.4 Å². The molecule has 30 heavy (non-hydrogen) atoms. The molecule has 1 aromatic carbocycles. The summed E-state index contributed by atoms with van der Waals surface area (Å²) in [7, 11) is 0. The number of amides is 4. The smallest absolute Gasteiger partial charge is 0.324 e. The number of nitrogens with zero attached hydrogens (tertiary/aromatic N) is 3. The lowest BCUT2D eigenvalue weighted by Crippen LogP contribution is -2.56. The highest BCUT2D eigenvalue weighted by atomic mass is 16.7. The maximum Gasteiger partial charge on any atom is 0.468 e. The van der Waals surface area contributed by atoms with Crippen LogP contribution in [0.3, 0.4) is 0 Å². The molecule has 1 aromatic heterocycles. The second-order valence-corrected chi connectivity index (χ2v) is 7.85. The monoisotopic (exact) mass is 406 g/mol. The number of quaternary nitrogens is 1. The fraction of sp³-hybridized carbons (Fsp3) is 0.318. The van der Waals surface area contributed by atoms with Crippen molar-refractivity contribution >= 4 is 29.6 Å². The van der Waals surface area contributed by atoms with Gasteiger partial charge in [0.25, 0.3) is 0 Å². The number of benzene rings is 1. The number of hydrogen-bond donors (Lipinski definition) is 2. The van der Waals surface area contributed by atoms with Gasteiger partial charge in [0.15, 0.2) is 17.6 Å². The second-order valence-electron chi connectivity index (χ2n) is 7.85. The number of pyridine rings is 1. The van der Waals surface area contributed by atoms with E-state index in [0.29, 0.717) is 11.6 Å². The fourth-order valence-corrected chi connectivity index (χ4v) is 3.80. The molecule has 2 aliphatic heterocycles. The van der Waals surface area contributed by atoms with E-state index in [1.807, 2.05) is 30.3 Å². The van der Waals surface area contributed by atoms with Crippen LogP contribution in [0.5, 0.6) is 5.75 Å². The van der Waals surface area contributed by atoms with Crippen molar-refractivity contribution in [2.24, 2.45) is 0 Å². The minimum atomic E-state index is -0.407. The summed E-state index contributed by atoms with van der Waals surface area (Å²) < 4.78 is -0.407. The first-order valence-electron chi connectivity index (χ1n) is 10.3. The Balaban J connectivity index is 1.41. The van der Waals surface area contributed by atoms with Crippen LogP contribution >= 0.6 is 0 Å². The number of nitrogens with one attached hydrogen (secondary N) is 2. The average Bonchev–Trinajstić information content (AvgIpc) is 3.26. The van der Waals surface area contributed by atoms with Crippen molar-refractivity contribution in [2.75, 3.05) is 18.4 Å². The number of rotatable bonds is 4. The van der Waals surface area contributed by atoms with E-state index >= 15 is 0 Å². The molecule has 2 fully saturated rings. The van der Waals surface area contributed by atoms with Crippen molar-refractivity contribution in [3.8, 4) is 5.75 Å². The predicted octanol–water partition coefficient (Wildman–Crippen LogP) is 3.87. The second kappa shape index (κ2) is 7.46. The fourth-order valence-electron chi connectivity index (χ4n) is 3.80. The van der Waals surface area contributed by atoms with E-state index < -0.39 is 4.65 Å². The highest BCUT2D eigenvalue weighted by Gasteiger charge is 2.48. The van der Waals surface area contributed by atoms with Crippen molar-refractivity contribution in [1.82, 2.24) is 19.8 Å². The predicted molar refractivity (Wildman–Crippen MR) is 114 cm³/mol. The minimum absolute atomic E-state index is 0.168. The summed E-state index contributed by atoms with van der Waals surface area (Å²) in [6.07, 6.45) is 9.20. The van der Waals surface area contributed by atoms with Crippen LogP contribution in [0.1, 0.15) is 31.2 Å². The molecule has 2 N–H and O–H groups in total. The number of para-hydroxylation sites is 1. The third-order valence-corrected chi connectivity index (χ3v) is 5.57. The van der Waals surface area contributed by atoms with Gasteiger partial charge in [-0.1, -0.05) is 12.1 Å². The SMILES string of the molecule is O=C(Nc1cc(O[N@@+]2(C(=O)NC3CC3)C=Cc3ccccc32)ccn1)N1CCCC1. The normalized spacial score (nSPS) is 21.9. The van der Waals surface area contributed by atoms with Crippen LogP contribution in [0.25, 0.3) is 6.08 Å². The number of carbonyl (C=O) groups is 2. The Hall–Kier alpha value is -3.39. The van der Waals surface area contributed by atoms with Crippen LogP contribution in [-0.4, -0.2) is 41.1 Å². The summed E-state index contributed by atoms with van der Waals surface area (Å²) in [5, 5.41) is 5.87. The molecule has 5 rings (SSSR count). The number of anilines is 1. The van der Waals surface area contributed by atoms with Crippen molar-refractivity contribution < 1.29 is 14.4 Å². The topological polar surface area (TPSA) is 83.6 Å². The molecular weight excluding hydrogens is 382 g/mol. The number of urea groups is 2. The van der Waals surface area contributed by atoms with Crippen molar-refractivity contribution in [2.45, 2.75) is 31.7 Å². The molecule has 2 aromatic rings. The summed E-state index contributed by atoms with van der Waals surface area (Å²) in [5.74, 6) is 0.829. The molecule has 0 radical (unpaired) electrons. The molecular formula is C22H24N5O3+. The van der Waals surface area contributed by atoms with E-state index in [-0.39, 0.29) is 18.1 Å². The summed E-state index contributed by atoms with van der Waals surface area (Å²) in [6, 6.07) is 10.8. The molecule has 0 spiro atoms. The molecule has 154 valence electrons. The minimum Gasteiger partial charge on any atom is -0.324 e. The number of likely N-dealkylation sites (tertiary alicyclic amines) is 1. The van der Waals surface area contributed by atoms with Gasteiger partial charge in [0, 0.05) is 59.8 Å². The molecule has 3 aliphatic rings. The van der Waals surface area contributed by atoms with E-state index in [1.165, 1.54) is 0 Å². The molecule has 1 saturated heterocycles. The molecule has 8 nitrogen and oxygen atoms in total. The highest BCUT2D eigenvalue weighted by molar-refractivity contribution is 5.94. The zero-order valence-corrected chi connectivity index (χ0v) is 16.6. The first kappa shape index (κ1) is 18.6. The third kappa shape index (κ3) is 3.50. The van der Waals surface area contributed by atoms with Gasteiger partial charge in [-0.3, -0.25) is 15.5 Å². The largest absolute Gasteiger partial charge is 0.468 e. The van der Waals surface area contributed by atoms with Gasteiger partial charge < -0.3 is 4.90 Å². The molecule has 8 heteroatoms. The van der Waals surface area contributed by atoms with Crippen LogP contribution in [0, 0.1) is 0 Å². The number of fused-ring (bicyclic) bond motifs is 1. The Labute approximate surface area is 174 Å². The molecule has 0 unspecified atom stereocenters. The van der Waals surface area contributed by atoms with Crippen LogP contribution in [0.2, 0.25) is 0 Å². The van der Waals surface area contributed by atoms with Gasteiger partial charge in [0.1, 0.15) is 5.82 Å². The third-order valence-electron chi connectivity index (χ3n) is 5.57. The lowest BCUT2D eigenvalue weighted by Gasteiger charge is -2.27. The Morgan fingerprint density at radius 1 is 1.13 bits per heavy atom. The first-order chi connectivity index (χ1) is 14.6. The lowest BCUT2D eigenvalue weighted by molar-refractivity contribution is 0.0411. The van der Waals surface area contributed by atoms with Crippen molar-refractivity contribution in [3.63, 3.8) is 0 Å². The molecule has 4 amide bonds. The summed E-state index contributed by atoms with van der Waals surface area (Å²) in [6.45, 7) is 1.51. The van der Waals surface area contributed by atoms with Crippen LogP contribution in [0.4, 0.5) is 21.1 Å².